The van der Waals surface area contributed by atoms with E-state index < -0.39 is 6.10 Å². The van der Waals surface area contributed by atoms with E-state index in [4.69, 9.17) is 4.74 Å². The third kappa shape index (κ3) is 3.45. The molecule has 3 fully saturated rings. The van der Waals surface area contributed by atoms with E-state index in [9.17, 15) is 14.7 Å². The lowest BCUT2D eigenvalue weighted by molar-refractivity contribution is -0.152. The van der Waals surface area contributed by atoms with E-state index in [2.05, 4.69) is 5.32 Å². The molecule has 0 aromatic carbocycles. The summed E-state index contributed by atoms with van der Waals surface area (Å²) in [5.41, 5.74) is 0. The summed E-state index contributed by atoms with van der Waals surface area (Å²) < 4.78 is 6.02. The number of carbonyl (C=O) groups excluding carboxylic acids is 2. The molecule has 7 heteroatoms. The first-order valence-corrected chi connectivity index (χ1v) is 9.94. The van der Waals surface area contributed by atoms with Crippen molar-refractivity contribution < 1.29 is 19.4 Å². The Morgan fingerprint density at radius 2 is 2.16 bits per heavy atom. The molecule has 2 N–H and O–H groups in total. The van der Waals surface area contributed by atoms with Gasteiger partial charge in [-0.05, 0) is 43.6 Å². The molecule has 1 aliphatic carbocycles. The van der Waals surface area contributed by atoms with Crippen LogP contribution in [0.4, 0.5) is 0 Å². The highest BCUT2D eigenvalue weighted by atomic mass is 32.1. The molecule has 1 aromatic heterocycles. The molecule has 0 unspecified atom stereocenters. The molecule has 3 aliphatic rings. The van der Waals surface area contributed by atoms with E-state index in [1.54, 1.807) is 11.3 Å². The largest absolute Gasteiger partial charge is 0.393 e. The molecule has 25 heavy (non-hydrogen) atoms. The number of carbonyl (C=O) groups is 2. The maximum Gasteiger partial charge on any atom is 0.249 e. The third-order valence-corrected chi connectivity index (χ3v) is 6.48. The van der Waals surface area contributed by atoms with Gasteiger partial charge in [0.25, 0.3) is 0 Å². The fourth-order valence-corrected chi connectivity index (χ4v) is 4.76. The van der Waals surface area contributed by atoms with Crippen LogP contribution in [-0.2, 0) is 20.9 Å². The Morgan fingerprint density at radius 1 is 1.32 bits per heavy atom. The number of likely N-dealkylation sites (tertiary alicyclic amines) is 1. The quantitative estimate of drug-likeness (QED) is 0.844. The molecule has 3 atom stereocenters. The minimum Gasteiger partial charge on any atom is -0.393 e. The number of rotatable bonds is 4. The van der Waals surface area contributed by atoms with Crippen molar-refractivity contribution in [2.45, 2.75) is 63.0 Å². The normalized spacial score (nSPS) is 34.3. The first kappa shape index (κ1) is 17.0. The predicted molar refractivity (Wildman–Crippen MR) is 92.9 cm³/mol. The molecule has 0 spiro atoms. The van der Waals surface area contributed by atoms with Gasteiger partial charge in [0.05, 0.1) is 24.8 Å². The van der Waals surface area contributed by atoms with Gasteiger partial charge in [0.2, 0.25) is 11.8 Å². The molecule has 0 radical (unpaired) electrons. The topological polar surface area (TPSA) is 78.9 Å². The lowest BCUT2D eigenvalue weighted by Gasteiger charge is -2.39. The van der Waals surface area contributed by atoms with Gasteiger partial charge in [-0.3, -0.25) is 9.59 Å². The molecule has 136 valence electrons. The molecule has 6 nitrogen and oxygen atoms in total. The van der Waals surface area contributed by atoms with Crippen LogP contribution in [0.3, 0.4) is 0 Å². The van der Waals surface area contributed by atoms with E-state index in [1.165, 1.54) is 0 Å². The van der Waals surface area contributed by atoms with Crippen LogP contribution in [0.1, 0.15) is 37.0 Å². The zero-order chi connectivity index (χ0) is 17.4. The van der Waals surface area contributed by atoms with Gasteiger partial charge in [0.15, 0.2) is 0 Å². The van der Waals surface area contributed by atoms with Crippen LogP contribution < -0.4 is 5.32 Å². The Bertz CT molecular complexity index is 629. The number of hydrogen-bond donors (Lipinski definition) is 2. The molecular formula is C18H24N2O4S. The second-order valence-electron chi connectivity index (χ2n) is 7.25. The average Bonchev–Trinajstić information content (AvgIpc) is 3.25. The molecule has 2 aliphatic heterocycles. The van der Waals surface area contributed by atoms with Gasteiger partial charge < -0.3 is 20.1 Å². The van der Waals surface area contributed by atoms with Gasteiger partial charge in [-0.2, -0.15) is 0 Å². The highest BCUT2D eigenvalue weighted by Gasteiger charge is 2.46. The summed E-state index contributed by atoms with van der Waals surface area (Å²) in [6.45, 7) is 1.24. The second kappa shape index (κ2) is 7.05. The fourth-order valence-electron chi connectivity index (χ4n) is 4.12. The summed E-state index contributed by atoms with van der Waals surface area (Å²) >= 11 is 1.62. The van der Waals surface area contributed by atoms with Crippen molar-refractivity contribution in [3.63, 3.8) is 0 Å². The summed E-state index contributed by atoms with van der Waals surface area (Å²) in [6, 6.07) is 4.06. The number of fused-ring (bicyclic) bond motifs is 1. The van der Waals surface area contributed by atoms with Crippen LogP contribution in [0, 0.1) is 5.92 Å². The Morgan fingerprint density at radius 3 is 2.88 bits per heavy atom. The predicted octanol–water partition coefficient (Wildman–Crippen LogP) is 1.28. The number of nitrogens with zero attached hydrogens (tertiary/aromatic N) is 1. The summed E-state index contributed by atoms with van der Waals surface area (Å²) in [6.07, 6.45) is 2.65. The number of amides is 2. The number of hydrogen-bond acceptors (Lipinski definition) is 5. The van der Waals surface area contributed by atoms with E-state index in [0.717, 1.165) is 17.7 Å². The summed E-state index contributed by atoms with van der Waals surface area (Å²) in [4.78, 5) is 28.0. The van der Waals surface area contributed by atoms with E-state index in [1.807, 2.05) is 22.4 Å². The van der Waals surface area contributed by atoms with E-state index in [-0.39, 0.29) is 36.0 Å². The maximum atomic E-state index is 12.6. The first-order chi connectivity index (χ1) is 12.1. The summed E-state index contributed by atoms with van der Waals surface area (Å²) in [5.74, 6) is 0.0707. The van der Waals surface area contributed by atoms with Gasteiger partial charge in [-0.15, -0.1) is 11.3 Å². The standard InChI is InChI=1S/C18H24N2O4S/c21-12-8-11(9-12)18(23)20-6-5-15-14(20)3-4-16(24-15)17(22)19-10-13-2-1-7-25-13/h1-2,7,11-12,14-16,21H,3-6,8-10H2,(H,19,22)/t11?,12?,14-,15-,16+/m1/s1. The van der Waals surface area contributed by atoms with Crippen LogP contribution in [0.2, 0.25) is 0 Å². The summed E-state index contributed by atoms with van der Waals surface area (Å²) in [5, 5.41) is 14.4. The molecule has 0 bridgehead atoms. The minimum absolute atomic E-state index is 0.0273. The van der Waals surface area contributed by atoms with Crippen molar-refractivity contribution in [2.75, 3.05) is 6.54 Å². The molecule has 1 saturated carbocycles. The van der Waals surface area contributed by atoms with Crippen LogP contribution in [0.15, 0.2) is 17.5 Å². The monoisotopic (exact) mass is 364 g/mol. The Labute approximate surface area is 151 Å². The average molecular weight is 364 g/mol. The second-order valence-corrected chi connectivity index (χ2v) is 8.28. The lowest BCUT2D eigenvalue weighted by Crippen LogP contribution is -2.51. The Kier molecular flexibility index (Phi) is 4.80. The molecule has 3 heterocycles. The highest BCUT2D eigenvalue weighted by molar-refractivity contribution is 7.09. The smallest absolute Gasteiger partial charge is 0.249 e. The molecule has 2 saturated heterocycles. The first-order valence-electron chi connectivity index (χ1n) is 9.06. The van der Waals surface area contributed by atoms with Gasteiger partial charge in [0, 0.05) is 17.3 Å². The number of aliphatic hydroxyl groups is 1. The van der Waals surface area contributed by atoms with E-state index >= 15 is 0 Å². The maximum absolute atomic E-state index is 12.6. The molecule has 1 aromatic rings. The molecule has 4 rings (SSSR count). The SMILES string of the molecule is O=C(NCc1cccs1)[C@@H]1CC[C@@H]2[C@@H](CCN2C(=O)C2CC(O)C2)O1. The van der Waals surface area contributed by atoms with Gasteiger partial charge in [-0.25, -0.2) is 0 Å². The highest BCUT2D eigenvalue weighted by Crippen LogP contribution is 2.36. The zero-order valence-electron chi connectivity index (χ0n) is 14.1. The van der Waals surface area contributed by atoms with Crippen molar-refractivity contribution >= 4 is 23.2 Å². The Balaban J connectivity index is 1.29. The van der Waals surface area contributed by atoms with Gasteiger partial charge >= 0.3 is 0 Å². The summed E-state index contributed by atoms with van der Waals surface area (Å²) in [7, 11) is 0. The van der Waals surface area contributed by atoms with Crippen molar-refractivity contribution in [3.8, 4) is 0 Å². The van der Waals surface area contributed by atoms with Crippen molar-refractivity contribution in [3.05, 3.63) is 22.4 Å². The zero-order valence-corrected chi connectivity index (χ0v) is 14.9. The fraction of sp³-hybridized carbons (Fsp3) is 0.667. The number of ether oxygens (including phenoxy) is 1. The minimum atomic E-state index is -0.415. The van der Waals surface area contributed by atoms with Crippen molar-refractivity contribution in [2.24, 2.45) is 5.92 Å². The van der Waals surface area contributed by atoms with Crippen molar-refractivity contribution in [1.29, 1.82) is 0 Å². The van der Waals surface area contributed by atoms with E-state index in [0.29, 0.717) is 32.4 Å². The van der Waals surface area contributed by atoms with Crippen LogP contribution in [-0.4, -0.2) is 52.7 Å². The van der Waals surface area contributed by atoms with Crippen molar-refractivity contribution in [1.82, 2.24) is 10.2 Å². The number of nitrogens with one attached hydrogen (secondary N) is 1. The van der Waals surface area contributed by atoms with Gasteiger partial charge in [-0.1, -0.05) is 6.07 Å². The van der Waals surface area contributed by atoms with Gasteiger partial charge in [0.1, 0.15) is 6.10 Å². The number of thiophene rings is 1. The van der Waals surface area contributed by atoms with Crippen LogP contribution >= 0.6 is 11.3 Å². The molecular weight excluding hydrogens is 340 g/mol. The number of aliphatic hydroxyl groups excluding tert-OH is 1. The molecule has 2 amide bonds. The third-order valence-electron chi connectivity index (χ3n) is 5.60. The Hall–Kier alpha value is -1.44. The lowest BCUT2D eigenvalue weighted by atomic mass is 9.81. The van der Waals surface area contributed by atoms with Crippen LogP contribution in [0.5, 0.6) is 0 Å². The van der Waals surface area contributed by atoms with Crippen LogP contribution in [0.25, 0.3) is 0 Å².